The molecule has 0 saturated carbocycles. The third kappa shape index (κ3) is 2.72. The van der Waals surface area contributed by atoms with E-state index in [9.17, 15) is 0 Å². The minimum absolute atomic E-state index is 0.805. The maximum Gasteiger partial charge on any atom is 0.106 e. The zero-order valence-corrected chi connectivity index (χ0v) is 11.4. The average Bonchev–Trinajstić information content (AvgIpc) is 2.69. The van der Waals surface area contributed by atoms with Gasteiger partial charge >= 0.3 is 0 Å². The lowest BCUT2D eigenvalue weighted by Crippen LogP contribution is -1.98. The molecule has 0 aliphatic heterocycles. The summed E-state index contributed by atoms with van der Waals surface area (Å²) in [4.78, 5) is 4.63. The minimum Gasteiger partial charge on any atom is -0.330 e. The van der Waals surface area contributed by atoms with Gasteiger partial charge in [-0.1, -0.05) is 12.5 Å². The molecule has 0 aliphatic carbocycles. The second-order valence-electron chi connectivity index (χ2n) is 4.83. The fourth-order valence-corrected chi connectivity index (χ4v) is 2.50. The first-order valence-corrected chi connectivity index (χ1v) is 6.92. The van der Waals surface area contributed by atoms with Crippen molar-refractivity contribution in [1.29, 1.82) is 0 Å². The molecular formula is C15H23N3. The number of hydrogen-bond acceptors (Lipinski definition) is 2. The van der Waals surface area contributed by atoms with Crippen molar-refractivity contribution >= 4 is 11.0 Å². The van der Waals surface area contributed by atoms with Crippen molar-refractivity contribution in [1.82, 2.24) is 9.55 Å². The van der Waals surface area contributed by atoms with Crippen molar-refractivity contribution in [2.24, 2.45) is 5.73 Å². The summed E-state index contributed by atoms with van der Waals surface area (Å²) in [5.41, 5.74) is 9.27. The largest absolute Gasteiger partial charge is 0.330 e. The molecule has 0 fully saturated rings. The van der Waals surface area contributed by atoms with Crippen molar-refractivity contribution in [3.8, 4) is 0 Å². The highest BCUT2D eigenvalue weighted by atomic mass is 15.1. The summed E-state index contributed by atoms with van der Waals surface area (Å²) in [6, 6.07) is 6.67. The second kappa shape index (κ2) is 6.01. The Labute approximate surface area is 109 Å². The number of aryl methyl sites for hydroxylation is 3. The lowest BCUT2D eigenvalue weighted by Gasteiger charge is -2.03. The average molecular weight is 245 g/mol. The van der Waals surface area contributed by atoms with E-state index in [0.717, 1.165) is 37.3 Å². The molecule has 0 bridgehead atoms. The molecule has 1 aromatic heterocycles. The van der Waals surface area contributed by atoms with E-state index in [-0.39, 0.29) is 0 Å². The van der Waals surface area contributed by atoms with Crippen LogP contribution in [-0.4, -0.2) is 16.1 Å². The number of hydrogen-bond donors (Lipinski definition) is 1. The molecule has 0 atom stereocenters. The maximum absolute atomic E-state index is 5.50. The molecule has 2 aromatic rings. The molecule has 1 heterocycles. The number of benzene rings is 1. The number of imidazole rings is 1. The van der Waals surface area contributed by atoms with Crippen molar-refractivity contribution in [2.45, 2.75) is 46.1 Å². The molecule has 2 rings (SSSR count). The number of nitrogens with zero attached hydrogens (tertiary/aromatic N) is 2. The molecule has 1 aromatic carbocycles. The van der Waals surface area contributed by atoms with Gasteiger partial charge in [-0.15, -0.1) is 0 Å². The van der Waals surface area contributed by atoms with Crippen LogP contribution >= 0.6 is 0 Å². The van der Waals surface area contributed by atoms with Crippen molar-refractivity contribution < 1.29 is 0 Å². The predicted molar refractivity (Wildman–Crippen MR) is 76.8 cm³/mol. The third-order valence-corrected chi connectivity index (χ3v) is 3.49. The van der Waals surface area contributed by atoms with Gasteiger partial charge < -0.3 is 10.3 Å². The van der Waals surface area contributed by atoms with Crippen LogP contribution in [0.2, 0.25) is 0 Å². The molecular weight excluding hydrogens is 222 g/mol. The molecule has 0 spiro atoms. The monoisotopic (exact) mass is 245 g/mol. The van der Waals surface area contributed by atoms with Crippen molar-refractivity contribution in [2.75, 3.05) is 6.54 Å². The molecule has 2 N–H and O–H groups in total. The summed E-state index contributed by atoms with van der Waals surface area (Å²) in [5.74, 6) is 1.10. The highest BCUT2D eigenvalue weighted by Gasteiger charge is 2.06. The van der Waals surface area contributed by atoms with Gasteiger partial charge in [0.05, 0.1) is 11.0 Å². The molecule has 0 unspecified atom stereocenters. The first kappa shape index (κ1) is 13.1. The van der Waals surface area contributed by atoms with Crippen LogP contribution < -0.4 is 5.73 Å². The lowest BCUT2D eigenvalue weighted by atomic mass is 10.1. The molecule has 0 amide bonds. The van der Waals surface area contributed by atoms with Gasteiger partial charge in [-0.25, -0.2) is 4.98 Å². The number of nitrogens with two attached hydrogens (primary N) is 1. The molecule has 18 heavy (non-hydrogen) atoms. The van der Waals surface area contributed by atoms with Gasteiger partial charge in [0.1, 0.15) is 5.82 Å². The highest BCUT2D eigenvalue weighted by molar-refractivity contribution is 5.76. The Morgan fingerprint density at radius 2 is 2.06 bits per heavy atom. The summed E-state index contributed by atoms with van der Waals surface area (Å²) in [7, 11) is 0. The van der Waals surface area contributed by atoms with E-state index < -0.39 is 0 Å². The Morgan fingerprint density at radius 1 is 1.22 bits per heavy atom. The summed E-state index contributed by atoms with van der Waals surface area (Å²) in [6.07, 6.45) is 4.70. The summed E-state index contributed by atoms with van der Waals surface area (Å²) >= 11 is 0. The van der Waals surface area contributed by atoms with Gasteiger partial charge in [-0.3, -0.25) is 0 Å². The number of fused-ring (bicyclic) bond motifs is 1. The highest BCUT2D eigenvalue weighted by Crippen LogP contribution is 2.18. The van der Waals surface area contributed by atoms with Crippen LogP contribution in [0.4, 0.5) is 0 Å². The van der Waals surface area contributed by atoms with E-state index in [4.69, 9.17) is 5.73 Å². The van der Waals surface area contributed by atoms with Gasteiger partial charge in [0.2, 0.25) is 0 Å². The molecule has 98 valence electrons. The Morgan fingerprint density at radius 3 is 2.78 bits per heavy atom. The Kier molecular flexibility index (Phi) is 4.37. The summed E-state index contributed by atoms with van der Waals surface area (Å²) < 4.78 is 2.26. The normalized spacial score (nSPS) is 11.3. The predicted octanol–water partition coefficient (Wildman–Crippen LogP) is 3.04. The summed E-state index contributed by atoms with van der Waals surface area (Å²) in [6.45, 7) is 6.02. The molecule has 0 saturated heterocycles. The SMILES string of the molecule is CCn1c(C)nc2cc(CCCCCN)ccc21. The zero-order chi connectivity index (χ0) is 13.0. The van der Waals surface area contributed by atoms with Gasteiger partial charge in [-0.2, -0.15) is 0 Å². The van der Waals surface area contributed by atoms with Crippen molar-refractivity contribution in [3.63, 3.8) is 0 Å². The van der Waals surface area contributed by atoms with E-state index in [1.165, 1.54) is 23.9 Å². The minimum atomic E-state index is 0.805. The van der Waals surface area contributed by atoms with Crippen LogP contribution in [-0.2, 0) is 13.0 Å². The van der Waals surface area contributed by atoms with Crippen LogP contribution in [0.25, 0.3) is 11.0 Å². The molecule has 0 radical (unpaired) electrons. The fraction of sp³-hybridized carbons (Fsp3) is 0.533. The van der Waals surface area contributed by atoms with E-state index >= 15 is 0 Å². The van der Waals surface area contributed by atoms with Gasteiger partial charge in [0.25, 0.3) is 0 Å². The quantitative estimate of drug-likeness (QED) is 0.795. The zero-order valence-electron chi connectivity index (χ0n) is 11.4. The van der Waals surface area contributed by atoms with E-state index in [0.29, 0.717) is 0 Å². The Bertz CT molecular complexity index is 514. The van der Waals surface area contributed by atoms with Crippen LogP contribution in [0, 0.1) is 6.92 Å². The first-order valence-electron chi connectivity index (χ1n) is 6.92. The van der Waals surface area contributed by atoms with E-state index in [1.807, 2.05) is 0 Å². The molecule has 3 nitrogen and oxygen atoms in total. The molecule has 0 aliphatic rings. The number of rotatable bonds is 6. The molecule has 3 heteroatoms. The topological polar surface area (TPSA) is 43.8 Å². The van der Waals surface area contributed by atoms with Gasteiger partial charge in [0.15, 0.2) is 0 Å². The summed E-state index contributed by atoms with van der Waals surface area (Å²) in [5, 5.41) is 0. The number of aromatic nitrogens is 2. The lowest BCUT2D eigenvalue weighted by molar-refractivity contribution is 0.687. The van der Waals surface area contributed by atoms with Crippen LogP contribution in [0.1, 0.15) is 37.6 Å². The third-order valence-electron chi connectivity index (χ3n) is 3.49. The van der Waals surface area contributed by atoms with Gasteiger partial charge in [-0.05, 0) is 57.4 Å². The number of unbranched alkanes of at least 4 members (excludes halogenated alkanes) is 2. The first-order chi connectivity index (χ1) is 8.76. The van der Waals surface area contributed by atoms with Crippen LogP contribution in [0.5, 0.6) is 0 Å². The van der Waals surface area contributed by atoms with Gasteiger partial charge in [0, 0.05) is 6.54 Å². The van der Waals surface area contributed by atoms with Crippen molar-refractivity contribution in [3.05, 3.63) is 29.6 Å². The second-order valence-corrected chi connectivity index (χ2v) is 4.83. The Hall–Kier alpha value is -1.35. The fourth-order valence-electron chi connectivity index (χ4n) is 2.50. The smallest absolute Gasteiger partial charge is 0.106 e. The standard InChI is InChI=1S/C15H23N3/c1-3-18-12(2)17-14-11-13(8-9-15(14)18)7-5-4-6-10-16/h8-9,11H,3-7,10,16H2,1-2H3. The Balaban J connectivity index is 2.13. The van der Waals surface area contributed by atoms with Crippen LogP contribution in [0.3, 0.4) is 0 Å². The van der Waals surface area contributed by atoms with Crippen LogP contribution in [0.15, 0.2) is 18.2 Å². The maximum atomic E-state index is 5.50. The van der Waals surface area contributed by atoms with E-state index in [2.05, 4.69) is 41.6 Å². The van der Waals surface area contributed by atoms with E-state index in [1.54, 1.807) is 0 Å².